The Morgan fingerprint density at radius 2 is 2.08 bits per heavy atom. The number of carbonyl (C=O) groups excluding carboxylic acids is 1. The molecule has 0 aromatic rings. The van der Waals surface area contributed by atoms with Crippen molar-refractivity contribution in [2.45, 2.75) is 31.7 Å². The van der Waals surface area contributed by atoms with Gasteiger partial charge < -0.3 is 10.6 Å². The number of nitrogens with two attached hydrogens (primary N) is 1. The Morgan fingerprint density at radius 3 is 2.58 bits per heavy atom. The van der Waals surface area contributed by atoms with E-state index in [2.05, 4.69) is 0 Å². The smallest absolute Gasteiger partial charge is 0.225 e. The summed E-state index contributed by atoms with van der Waals surface area (Å²) in [5.41, 5.74) is 5.79. The molecule has 1 saturated carbocycles. The quantitative estimate of drug-likeness (QED) is 0.626. The fraction of sp³-hybridized carbons (Fsp3) is 0.889. The van der Waals surface area contributed by atoms with Crippen LogP contribution in [0.1, 0.15) is 25.7 Å². The van der Waals surface area contributed by atoms with Gasteiger partial charge in [-0.05, 0) is 19.3 Å². The molecule has 0 saturated heterocycles. The van der Waals surface area contributed by atoms with E-state index in [0.29, 0.717) is 0 Å². The summed E-state index contributed by atoms with van der Waals surface area (Å²) >= 11 is 0. The second kappa shape index (κ2) is 3.90. The Labute approximate surface area is 73.9 Å². The molecule has 1 aliphatic rings. The van der Waals surface area contributed by atoms with Crippen molar-refractivity contribution in [3.8, 4) is 0 Å². The van der Waals surface area contributed by atoms with E-state index in [9.17, 15) is 4.79 Å². The van der Waals surface area contributed by atoms with Gasteiger partial charge in [0.1, 0.15) is 0 Å². The monoisotopic (exact) mass is 170 g/mol. The number of hydrogen-bond acceptors (Lipinski definition) is 2. The van der Waals surface area contributed by atoms with E-state index in [4.69, 9.17) is 5.73 Å². The highest BCUT2D eigenvalue weighted by Crippen LogP contribution is 2.24. The third-order valence-corrected chi connectivity index (χ3v) is 2.50. The van der Waals surface area contributed by atoms with Crippen molar-refractivity contribution in [3.05, 3.63) is 0 Å². The summed E-state index contributed by atoms with van der Waals surface area (Å²) < 4.78 is 0. The van der Waals surface area contributed by atoms with Gasteiger partial charge in [0.15, 0.2) is 0 Å². The van der Waals surface area contributed by atoms with Crippen LogP contribution in [0.4, 0.5) is 0 Å². The number of carbonyl (C=O) groups is 1. The number of nitrogens with zero attached hydrogens (tertiary/aromatic N) is 1. The Hall–Kier alpha value is -0.570. The van der Waals surface area contributed by atoms with Crippen LogP contribution >= 0.6 is 0 Å². The van der Waals surface area contributed by atoms with Crippen LogP contribution in [0, 0.1) is 5.92 Å². The molecule has 1 aliphatic carbocycles. The minimum absolute atomic E-state index is 0.184. The van der Waals surface area contributed by atoms with Gasteiger partial charge >= 0.3 is 0 Å². The average molecular weight is 170 g/mol. The van der Waals surface area contributed by atoms with Gasteiger partial charge in [-0.1, -0.05) is 6.42 Å². The van der Waals surface area contributed by atoms with Crippen LogP contribution in [0.15, 0.2) is 0 Å². The van der Waals surface area contributed by atoms with E-state index in [1.807, 2.05) is 14.1 Å². The SMILES string of the molecule is CN(C)C(=O)[C@@H]1CCC[C@@H](N)C1. The van der Waals surface area contributed by atoms with Gasteiger partial charge in [-0.2, -0.15) is 0 Å². The van der Waals surface area contributed by atoms with Crippen molar-refractivity contribution in [2.24, 2.45) is 11.7 Å². The van der Waals surface area contributed by atoms with Crippen LogP contribution in [0.25, 0.3) is 0 Å². The standard InChI is InChI=1S/C9H18N2O/c1-11(2)9(12)7-4-3-5-8(10)6-7/h7-8H,3-6,10H2,1-2H3/t7-,8-/m1/s1. The highest BCUT2D eigenvalue weighted by molar-refractivity contribution is 5.78. The molecular weight excluding hydrogens is 152 g/mol. The third kappa shape index (κ3) is 2.21. The highest BCUT2D eigenvalue weighted by atomic mass is 16.2. The van der Waals surface area contributed by atoms with Gasteiger partial charge in [-0.3, -0.25) is 4.79 Å². The molecule has 0 bridgehead atoms. The fourth-order valence-corrected chi connectivity index (χ4v) is 1.82. The molecule has 0 spiro atoms. The zero-order chi connectivity index (χ0) is 9.14. The van der Waals surface area contributed by atoms with E-state index in [0.717, 1.165) is 25.7 Å². The largest absolute Gasteiger partial charge is 0.349 e. The Balaban J connectivity index is 2.46. The first kappa shape index (κ1) is 9.52. The summed E-state index contributed by atoms with van der Waals surface area (Å²) in [6, 6.07) is 0.243. The zero-order valence-corrected chi connectivity index (χ0v) is 7.92. The van der Waals surface area contributed by atoms with E-state index in [1.54, 1.807) is 4.90 Å². The molecule has 0 aliphatic heterocycles. The summed E-state index contributed by atoms with van der Waals surface area (Å²) in [5, 5.41) is 0. The summed E-state index contributed by atoms with van der Waals surface area (Å²) in [5.74, 6) is 0.425. The molecule has 70 valence electrons. The lowest BCUT2D eigenvalue weighted by molar-refractivity contribution is -0.134. The minimum atomic E-state index is 0.184. The second-order valence-electron chi connectivity index (χ2n) is 3.86. The van der Waals surface area contributed by atoms with Crippen LogP contribution in [-0.4, -0.2) is 30.9 Å². The summed E-state index contributed by atoms with van der Waals surface area (Å²) in [6.45, 7) is 0. The molecule has 0 aromatic carbocycles. The van der Waals surface area contributed by atoms with Crippen LogP contribution in [0.5, 0.6) is 0 Å². The van der Waals surface area contributed by atoms with Gasteiger partial charge in [0.25, 0.3) is 0 Å². The zero-order valence-electron chi connectivity index (χ0n) is 7.92. The van der Waals surface area contributed by atoms with Gasteiger partial charge in [0.05, 0.1) is 0 Å². The molecular formula is C9H18N2O. The van der Waals surface area contributed by atoms with Crippen molar-refractivity contribution in [3.63, 3.8) is 0 Å². The normalized spacial score (nSPS) is 29.9. The van der Waals surface area contributed by atoms with Crippen molar-refractivity contribution < 1.29 is 4.79 Å². The minimum Gasteiger partial charge on any atom is -0.349 e. The van der Waals surface area contributed by atoms with E-state index in [1.165, 1.54) is 0 Å². The first-order chi connectivity index (χ1) is 5.61. The number of rotatable bonds is 1. The predicted octanol–water partition coefficient (Wildman–Crippen LogP) is 0.592. The topological polar surface area (TPSA) is 46.3 Å². The Bertz CT molecular complexity index is 168. The maximum Gasteiger partial charge on any atom is 0.225 e. The molecule has 12 heavy (non-hydrogen) atoms. The lowest BCUT2D eigenvalue weighted by Crippen LogP contribution is -2.37. The molecule has 2 N–H and O–H groups in total. The first-order valence-electron chi connectivity index (χ1n) is 4.58. The number of amides is 1. The molecule has 3 nitrogen and oxygen atoms in total. The van der Waals surface area contributed by atoms with Crippen LogP contribution in [0.2, 0.25) is 0 Å². The predicted molar refractivity (Wildman–Crippen MR) is 48.6 cm³/mol. The molecule has 3 heteroatoms. The molecule has 1 rings (SSSR count). The maximum atomic E-state index is 11.5. The number of hydrogen-bond donors (Lipinski definition) is 1. The molecule has 1 amide bonds. The summed E-state index contributed by atoms with van der Waals surface area (Å²) in [6.07, 6.45) is 4.07. The fourth-order valence-electron chi connectivity index (χ4n) is 1.82. The van der Waals surface area contributed by atoms with Crippen molar-refractivity contribution in [2.75, 3.05) is 14.1 Å². The molecule has 0 heterocycles. The van der Waals surface area contributed by atoms with E-state index < -0.39 is 0 Å². The molecule has 1 fully saturated rings. The molecule has 0 aromatic heterocycles. The third-order valence-electron chi connectivity index (χ3n) is 2.50. The highest BCUT2D eigenvalue weighted by Gasteiger charge is 2.25. The van der Waals surface area contributed by atoms with Gasteiger partial charge in [0.2, 0.25) is 5.91 Å². The van der Waals surface area contributed by atoms with Gasteiger partial charge in [0, 0.05) is 26.1 Å². The summed E-state index contributed by atoms with van der Waals surface area (Å²) in [4.78, 5) is 13.2. The van der Waals surface area contributed by atoms with Crippen molar-refractivity contribution in [1.82, 2.24) is 4.90 Å². The van der Waals surface area contributed by atoms with Crippen LogP contribution < -0.4 is 5.73 Å². The Morgan fingerprint density at radius 1 is 1.42 bits per heavy atom. The van der Waals surface area contributed by atoms with E-state index >= 15 is 0 Å². The Kier molecular flexibility index (Phi) is 3.09. The summed E-state index contributed by atoms with van der Waals surface area (Å²) in [7, 11) is 3.62. The van der Waals surface area contributed by atoms with Crippen molar-refractivity contribution in [1.29, 1.82) is 0 Å². The van der Waals surface area contributed by atoms with Gasteiger partial charge in [-0.15, -0.1) is 0 Å². The molecule has 0 radical (unpaired) electrons. The molecule has 0 unspecified atom stereocenters. The lowest BCUT2D eigenvalue weighted by Gasteiger charge is -2.27. The van der Waals surface area contributed by atoms with Crippen LogP contribution in [0.3, 0.4) is 0 Å². The van der Waals surface area contributed by atoms with Gasteiger partial charge in [-0.25, -0.2) is 0 Å². The second-order valence-corrected chi connectivity index (χ2v) is 3.86. The van der Waals surface area contributed by atoms with E-state index in [-0.39, 0.29) is 17.9 Å². The maximum absolute atomic E-state index is 11.5. The molecule has 2 atom stereocenters. The van der Waals surface area contributed by atoms with Crippen molar-refractivity contribution >= 4 is 5.91 Å². The lowest BCUT2D eigenvalue weighted by atomic mass is 9.85. The average Bonchev–Trinajstić information content (AvgIpc) is 2.03. The van der Waals surface area contributed by atoms with Crippen LogP contribution in [-0.2, 0) is 4.79 Å². The first-order valence-corrected chi connectivity index (χ1v) is 4.58.